The van der Waals surface area contributed by atoms with Gasteiger partial charge in [-0.1, -0.05) is 0 Å². The lowest BCUT2D eigenvalue weighted by atomic mass is 10.1. The zero-order chi connectivity index (χ0) is 5.98. The van der Waals surface area contributed by atoms with Gasteiger partial charge in [-0.15, -0.1) is 0 Å². The van der Waals surface area contributed by atoms with Crippen molar-refractivity contribution in [2.45, 2.75) is 12.8 Å². The van der Waals surface area contributed by atoms with Crippen LogP contribution >= 0.6 is 0 Å². The van der Waals surface area contributed by atoms with Crippen molar-refractivity contribution in [2.75, 3.05) is 20.1 Å². The molecule has 1 rings (SSSR count). The number of hydrogen-bond donors (Lipinski definition) is 1. The molecule has 3 nitrogen and oxygen atoms in total. The Balaban J connectivity index is 0.000000640. The van der Waals surface area contributed by atoms with Crippen LogP contribution < -0.4 is 6.15 Å². The van der Waals surface area contributed by atoms with Gasteiger partial charge in [0.15, 0.2) is 0 Å². The summed E-state index contributed by atoms with van der Waals surface area (Å²) >= 11 is 0. The summed E-state index contributed by atoms with van der Waals surface area (Å²) in [5, 5.41) is 0. The normalized spacial score (nSPS) is 21.2. The van der Waals surface area contributed by atoms with E-state index in [1.54, 1.807) is 0 Å². The molecule has 9 heavy (non-hydrogen) atoms. The van der Waals surface area contributed by atoms with Crippen molar-refractivity contribution in [2.24, 2.45) is 0 Å². The van der Waals surface area contributed by atoms with Crippen molar-refractivity contribution in [3.05, 3.63) is 0 Å². The minimum Gasteiger partial charge on any atom is -0.344 e. The van der Waals surface area contributed by atoms with Gasteiger partial charge in [-0.05, 0) is 7.05 Å². The molecule has 0 aliphatic carbocycles. The average Bonchev–Trinajstić information content (AvgIpc) is 1.77. The molecule has 1 aliphatic rings. The van der Waals surface area contributed by atoms with Gasteiger partial charge in [-0.25, -0.2) is 0 Å². The molecule has 0 aromatic carbocycles. The van der Waals surface area contributed by atoms with Crippen molar-refractivity contribution in [1.82, 2.24) is 11.1 Å². The Morgan fingerprint density at radius 3 is 2.11 bits per heavy atom. The van der Waals surface area contributed by atoms with E-state index in [0.29, 0.717) is 5.78 Å². The van der Waals surface area contributed by atoms with E-state index in [2.05, 4.69) is 4.90 Å². The number of hydrogen-bond acceptors (Lipinski definition) is 3. The van der Waals surface area contributed by atoms with Crippen LogP contribution in [0.15, 0.2) is 0 Å². The molecule has 3 heteroatoms. The van der Waals surface area contributed by atoms with Crippen LogP contribution in [0.1, 0.15) is 12.8 Å². The molecule has 0 spiro atoms. The number of carbonyl (C=O) groups excluding carboxylic acids is 1. The molecule has 0 atom stereocenters. The van der Waals surface area contributed by atoms with Crippen LogP contribution in [0.2, 0.25) is 0 Å². The molecule has 0 radical (unpaired) electrons. The van der Waals surface area contributed by atoms with Gasteiger partial charge in [-0.3, -0.25) is 4.79 Å². The molecule has 0 unspecified atom stereocenters. The molecular weight excluding hydrogens is 116 g/mol. The van der Waals surface area contributed by atoms with Crippen molar-refractivity contribution in [3.63, 3.8) is 0 Å². The Morgan fingerprint density at radius 2 is 1.78 bits per heavy atom. The molecule has 1 saturated heterocycles. The average molecular weight is 130 g/mol. The fraction of sp³-hybridized carbons (Fsp3) is 0.833. The van der Waals surface area contributed by atoms with Crippen molar-refractivity contribution >= 4 is 5.78 Å². The maximum absolute atomic E-state index is 10.6. The van der Waals surface area contributed by atoms with Crippen LogP contribution in [-0.2, 0) is 4.79 Å². The molecule has 54 valence electrons. The number of likely N-dealkylation sites (tertiary alicyclic amines) is 1. The van der Waals surface area contributed by atoms with E-state index in [4.69, 9.17) is 0 Å². The minimum absolute atomic E-state index is 0. The predicted molar refractivity (Wildman–Crippen MR) is 36.8 cm³/mol. The number of rotatable bonds is 0. The first kappa shape index (κ1) is 8.59. The lowest BCUT2D eigenvalue weighted by Crippen LogP contribution is -2.29. The largest absolute Gasteiger partial charge is 0.344 e. The molecule has 0 saturated carbocycles. The highest BCUT2D eigenvalue weighted by molar-refractivity contribution is 5.79. The second kappa shape index (κ2) is 3.58. The first-order valence-corrected chi connectivity index (χ1v) is 2.99. The maximum Gasteiger partial charge on any atom is 0.135 e. The molecule has 0 aromatic heterocycles. The van der Waals surface area contributed by atoms with Gasteiger partial charge in [0, 0.05) is 25.9 Å². The van der Waals surface area contributed by atoms with E-state index < -0.39 is 0 Å². The Morgan fingerprint density at radius 1 is 1.33 bits per heavy atom. The summed E-state index contributed by atoms with van der Waals surface area (Å²) in [4.78, 5) is 12.8. The Kier molecular flexibility index (Phi) is 3.42. The summed E-state index contributed by atoms with van der Waals surface area (Å²) in [5.74, 6) is 0.420. The first-order chi connectivity index (χ1) is 3.79. The third kappa shape index (κ3) is 2.58. The summed E-state index contributed by atoms with van der Waals surface area (Å²) in [6.07, 6.45) is 1.52. The van der Waals surface area contributed by atoms with Gasteiger partial charge < -0.3 is 11.1 Å². The predicted octanol–water partition coefficient (Wildman–Crippen LogP) is 0.443. The summed E-state index contributed by atoms with van der Waals surface area (Å²) in [6, 6.07) is 0. The highest BCUT2D eigenvalue weighted by Crippen LogP contribution is 2.01. The third-order valence-corrected chi connectivity index (χ3v) is 1.54. The maximum atomic E-state index is 10.6. The molecule has 0 aromatic rings. The molecule has 0 bridgehead atoms. The third-order valence-electron chi connectivity index (χ3n) is 1.54. The smallest absolute Gasteiger partial charge is 0.135 e. The van der Waals surface area contributed by atoms with Gasteiger partial charge in [-0.2, -0.15) is 0 Å². The van der Waals surface area contributed by atoms with E-state index in [1.807, 2.05) is 7.05 Å². The second-order valence-electron chi connectivity index (χ2n) is 2.34. The van der Waals surface area contributed by atoms with Crippen molar-refractivity contribution in [1.29, 1.82) is 0 Å². The van der Waals surface area contributed by atoms with E-state index >= 15 is 0 Å². The first-order valence-electron chi connectivity index (χ1n) is 2.99. The number of nitrogens with zero attached hydrogens (tertiary/aromatic N) is 1. The Hall–Kier alpha value is -0.410. The van der Waals surface area contributed by atoms with Crippen LogP contribution in [-0.4, -0.2) is 30.8 Å². The number of carbonyl (C=O) groups is 1. The molecule has 1 fully saturated rings. The SMILES string of the molecule is CN1CCC(=O)CC1.N. The van der Waals surface area contributed by atoms with Crippen LogP contribution in [0.25, 0.3) is 0 Å². The number of piperidine rings is 1. The number of ketones is 1. The lowest BCUT2D eigenvalue weighted by Gasteiger charge is -2.19. The fourth-order valence-electron chi connectivity index (χ4n) is 0.868. The summed E-state index contributed by atoms with van der Waals surface area (Å²) in [6.45, 7) is 1.91. The van der Waals surface area contributed by atoms with E-state index in [1.165, 1.54) is 0 Å². The van der Waals surface area contributed by atoms with E-state index in [-0.39, 0.29) is 6.15 Å². The van der Waals surface area contributed by atoms with Gasteiger partial charge in [0.2, 0.25) is 0 Å². The van der Waals surface area contributed by atoms with Crippen LogP contribution in [0.5, 0.6) is 0 Å². The quantitative estimate of drug-likeness (QED) is 0.517. The van der Waals surface area contributed by atoms with Crippen molar-refractivity contribution < 1.29 is 4.79 Å². The molecule has 1 aliphatic heterocycles. The van der Waals surface area contributed by atoms with Gasteiger partial charge in [0.05, 0.1) is 0 Å². The van der Waals surface area contributed by atoms with Gasteiger partial charge in [0.25, 0.3) is 0 Å². The summed E-state index contributed by atoms with van der Waals surface area (Å²) in [7, 11) is 2.05. The zero-order valence-corrected chi connectivity index (χ0v) is 5.89. The van der Waals surface area contributed by atoms with Gasteiger partial charge in [0.1, 0.15) is 5.78 Å². The fourth-order valence-corrected chi connectivity index (χ4v) is 0.868. The zero-order valence-electron chi connectivity index (χ0n) is 5.89. The summed E-state index contributed by atoms with van der Waals surface area (Å²) < 4.78 is 0. The highest BCUT2D eigenvalue weighted by Gasteiger charge is 2.10. The van der Waals surface area contributed by atoms with Crippen LogP contribution in [0, 0.1) is 0 Å². The Labute approximate surface area is 55.6 Å². The minimum atomic E-state index is 0. The number of Topliss-reactive ketones (excluding diaryl/α,β-unsaturated/α-hetero) is 1. The second-order valence-corrected chi connectivity index (χ2v) is 2.34. The standard InChI is InChI=1S/C6H11NO.H3N/c1-7-4-2-6(8)3-5-7;/h2-5H2,1H3;1H3. The van der Waals surface area contributed by atoms with Crippen LogP contribution in [0.4, 0.5) is 0 Å². The lowest BCUT2D eigenvalue weighted by molar-refractivity contribution is -0.121. The van der Waals surface area contributed by atoms with Crippen LogP contribution in [0.3, 0.4) is 0 Å². The van der Waals surface area contributed by atoms with E-state index in [9.17, 15) is 4.79 Å². The van der Waals surface area contributed by atoms with E-state index in [0.717, 1.165) is 25.9 Å². The molecule has 0 amide bonds. The Bertz CT molecular complexity index is 93.2. The summed E-state index contributed by atoms with van der Waals surface area (Å²) in [5.41, 5.74) is 0. The monoisotopic (exact) mass is 130 g/mol. The topological polar surface area (TPSA) is 55.3 Å². The van der Waals surface area contributed by atoms with Crippen molar-refractivity contribution in [3.8, 4) is 0 Å². The highest BCUT2D eigenvalue weighted by atomic mass is 16.1. The molecular formula is C6H14N2O. The van der Waals surface area contributed by atoms with Gasteiger partial charge >= 0.3 is 0 Å². The molecule has 1 heterocycles. The molecule has 3 N–H and O–H groups in total.